The van der Waals surface area contributed by atoms with Crippen LogP contribution >= 0.6 is 7.82 Å². The zero-order chi connectivity index (χ0) is 20.5. The largest absolute Gasteiger partial charge is 0.469 e. The summed E-state index contributed by atoms with van der Waals surface area (Å²) >= 11 is 0. The molecule has 27 heavy (non-hydrogen) atoms. The van der Waals surface area contributed by atoms with Gasteiger partial charge >= 0.3 is 19.5 Å². The van der Waals surface area contributed by atoms with Crippen LogP contribution in [0.25, 0.3) is 0 Å². The predicted octanol–water partition coefficient (Wildman–Crippen LogP) is -3.38. The number of ether oxygens (including phenoxy) is 2. The maximum absolute atomic E-state index is 12.0. The lowest BCUT2D eigenvalue weighted by Crippen LogP contribution is -2.40. The molecule has 1 aromatic rings. The first kappa shape index (κ1) is 21.1. The zero-order valence-electron chi connectivity index (χ0n) is 13.5. The van der Waals surface area contributed by atoms with Gasteiger partial charge in [0.2, 0.25) is 0 Å². The number of hydrogen-bond acceptors (Lipinski definition) is 10. The van der Waals surface area contributed by atoms with Gasteiger partial charge in [-0.3, -0.25) is 23.7 Å². The Hall–Kier alpha value is -2.19. The van der Waals surface area contributed by atoms with Gasteiger partial charge in [-0.25, -0.2) is 14.2 Å². The SMILES string of the molecule is COC(=O)C(=O)c1cn([C@@H]2O[C@H](COP(=O)(O)O)[C@@H](O)[C@H]2O)c(=O)[nH]c1=O. The lowest BCUT2D eigenvalue weighted by atomic mass is 10.1. The fraction of sp³-hybridized carbons (Fsp3) is 0.500. The second-order valence-corrected chi connectivity index (χ2v) is 6.60. The van der Waals surface area contributed by atoms with Crippen molar-refractivity contribution in [1.29, 1.82) is 0 Å². The smallest absolute Gasteiger partial charge is 0.463 e. The fourth-order valence-corrected chi connectivity index (χ4v) is 2.65. The number of hydrogen-bond donors (Lipinski definition) is 5. The Bertz CT molecular complexity index is 900. The van der Waals surface area contributed by atoms with Crippen LogP contribution < -0.4 is 11.2 Å². The first-order chi connectivity index (χ1) is 12.5. The van der Waals surface area contributed by atoms with Crippen LogP contribution in [-0.4, -0.2) is 73.3 Å². The van der Waals surface area contributed by atoms with Crippen LogP contribution in [0.1, 0.15) is 16.6 Å². The van der Waals surface area contributed by atoms with Gasteiger partial charge in [0.25, 0.3) is 11.3 Å². The van der Waals surface area contributed by atoms with Crippen molar-refractivity contribution in [3.8, 4) is 0 Å². The molecule has 0 radical (unpaired) electrons. The van der Waals surface area contributed by atoms with E-state index >= 15 is 0 Å². The number of Topliss-reactive ketones (excluding diaryl/α,β-unsaturated/α-hetero) is 1. The maximum atomic E-state index is 12.0. The Balaban J connectivity index is 2.36. The van der Waals surface area contributed by atoms with Gasteiger partial charge < -0.3 is 29.5 Å². The number of aliphatic hydroxyl groups excluding tert-OH is 2. The van der Waals surface area contributed by atoms with E-state index in [2.05, 4.69) is 9.26 Å². The number of rotatable bonds is 6. The summed E-state index contributed by atoms with van der Waals surface area (Å²) in [5, 5.41) is 19.9. The van der Waals surface area contributed by atoms with Crippen LogP contribution in [0.15, 0.2) is 15.8 Å². The number of carbonyl (C=O) groups excluding carboxylic acids is 2. The number of nitrogens with one attached hydrogen (secondary N) is 1. The van der Waals surface area contributed by atoms with Crippen molar-refractivity contribution < 1.29 is 48.2 Å². The van der Waals surface area contributed by atoms with Gasteiger partial charge in [-0.1, -0.05) is 0 Å². The molecule has 15 heteroatoms. The molecule has 5 N–H and O–H groups in total. The monoisotopic (exact) mass is 410 g/mol. The van der Waals surface area contributed by atoms with Crippen LogP contribution in [0.5, 0.6) is 0 Å². The zero-order valence-corrected chi connectivity index (χ0v) is 14.4. The number of esters is 1. The molecule has 0 aromatic carbocycles. The van der Waals surface area contributed by atoms with Crippen LogP contribution in [0, 0.1) is 0 Å². The lowest BCUT2D eigenvalue weighted by molar-refractivity contribution is -0.135. The lowest BCUT2D eigenvalue weighted by Gasteiger charge is -2.17. The minimum absolute atomic E-state index is 0.531. The molecule has 150 valence electrons. The normalized spacial score (nSPS) is 25.4. The van der Waals surface area contributed by atoms with Crippen molar-refractivity contribution in [3.05, 3.63) is 32.6 Å². The summed E-state index contributed by atoms with van der Waals surface area (Å²) in [5.74, 6) is -2.76. The van der Waals surface area contributed by atoms with Gasteiger partial charge in [-0.2, -0.15) is 0 Å². The summed E-state index contributed by atoms with van der Waals surface area (Å²) in [6.45, 7) is -0.828. The highest BCUT2D eigenvalue weighted by molar-refractivity contribution is 7.46. The minimum atomic E-state index is -4.89. The molecular formula is C12H15N2O12P. The summed E-state index contributed by atoms with van der Waals surface area (Å²) in [4.78, 5) is 65.9. The molecule has 0 unspecified atom stereocenters. The quantitative estimate of drug-likeness (QED) is 0.134. The molecule has 0 amide bonds. The van der Waals surface area contributed by atoms with E-state index in [9.17, 15) is 34.0 Å². The maximum Gasteiger partial charge on any atom is 0.469 e. The van der Waals surface area contributed by atoms with Gasteiger partial charge in [0.05, 0.1) is 13.7 Å². The van der Waals surface area contributed by atoms with E-state index in [4.69, 9.17) is 14.5 Å². The van der Waals surface area contributed by atoms with E-state index in [1.165, 1.54) is 0 Å². The van der Waals surface area contributed by atoms with Crippen molar-refractivity contribution in [1.82, 2.24) is 9.55 Å². The topological polar surface area (TPSA) is 215 Å². The molecule has 1 fully saturated rings. The number of phosphoric acid groups is 1. The van der Waals surface area contributed by atoms with Crippen molar-refractivity contribution in [2.45, 2.75) is 24.5 Å². The Morgan fingerprint density at radius 1 is 1.30 bits per heavy atom. The number of methoxy groups -OCH3 is 1. The molecule has 2 rings (SSSR count). The summed E-state index contributed by atoms with van der Waals surface area (Å²) in [6.07, 6.45) is -5.98. The summed E-state index contributed by atoms with van der Waals surface area (Å²) in [6, 6.07) is 0. The van der Waals surface area contributed by atoms with Crippen LogP contribution in [0.4, 0.5) is 0 Å². The van der Waals surface area contributed by atoms with E-state index in [-0.39, 0.29) is 0 Å². The van der Waals surface area contributed by atoms with Crippen molar-refractivity contribution >= 4 is 19.6 Å². The number of ketones is 1. The molecule has 14 nitrogen and oxygen atoms in total. The summed E-state index contributed by atoms with van der Waals surface area (Å²) < 4.78 is 24.8. The van der Waals surface area contributed by atoms with E-state index in [1.54, 1.807) is 4.98 Å². The average Bonchev–Trinajstić information content (AvgIpc) is 2.86. The predicted molar refractivity (Wildman–Crippen MR) is 81.6 cm³/mol. The number of H-pyrrole nitrogens is 1. The number of nitrogens with zero attached hydrogens (tertiary/aromatic N) is 1. The molecule has 0 spiro atoms. The number of phosphoric ester groups is 1. The van der Waals surface area contributed by atoms with Crippen LogP contribution in [0.2, 0.25) is 0 Å². The van der Waals surface area contributed by atoms with Crippen molar-refractivity contribution in [3.63, 3.8) is 0 Å². The second-order valence-electron chi connectivity index (χ2n) is 5.36. The van der Waals surface area contributed by atoms with Crippen LogP contribution in [0.3, 0.4) is 0 Å². The van der Waals surface area contributed by atoms with Gasteiger partial charge in [0, 0.05) is 6.20 Å². The van der Waals surface area contributed by atoms with E-state index in [1.807, 2.05) is 0 Å². The molecular weight excluding hydrogens is 395 g/mol. The molecule has 1 aromatic heterocycles. The van der Waals surface area contributed by atoms with E-state index in [0.29, 0.717) is 10.8 Å². The highest BCUT2D eigenvalue weighted by Crippen LogP contribution is 2.38. The van der Waals surface area contributed by atoms with Gasteiger partial charge in [-0.15, -0.1) is 0 Å². The average molecular weight is 410 g/mol. The molecule has 1 aliphatic heterocycles. The molecule has 2 heterocycles. The van der Waals surface area contributed by atoms with Crippen molar-refractivity contribution in [2.75, 3.05) is 13.7 Å². The highest BCUT2D eigenvalue weighted by Gasteiger charge is 2.45. The first-order valence-electron chi connectivity index (χ1n) is 7.16. The molecule has 4 atom stereocenters. The molecule has 0 bridgehead atoms. The van der Waals surface area contributed by atoms with Gasteiger partial charge in [-0.05, 0) is 0 Å². The Labute approximate surface area is 149 Å². The van der Waals surface area contributed by atoms with E-state index < -0.39 is 67.5 Å². The first-order valence-corrected chi connectivity index (χ1v) is 8.69. The second kappa shape index (κ2) is 7.82. The van der Waals surface area contributed by atoms with Gasteiger partial charge in [0.1, 0.15) is 23.9 Å². The van der Waals surface area contributed by atoms with Crippen molar-refractivity contribution in [2.24, 2.45) is 0 Å². The molecule has 0 saturated carbocycles. The third kappa shape index (κ3) is 4.56. The highest BCUT2D eigenvalue weighted by atomic mass is 31.2. The molecule has 1 aliphatic rings. The third-order valence-corrected chi connectivity index (χ3v) is 4.09. The summed E-state index contributed by atoms with van der Waals surface area (Å²) in [7, 11) is -3.99. The summed E-state index contributed by atoms with van der Waals surface area (Å²) in [5.41, 5.74) is -3.13. The molecule has 1 saturated heterocycles. The van der Waals surface area contributed by atoms with Gasteiger partial charge in [0.15, 0.2) is 6.23 Å². The number of aromatic amines is 1. The van der Waals surface area contributed by atoms with Crippen LogP contribution in [-0.2, 0) is 23.4 Å². The fourth-order valence-electron chi connectivity index (χ4n) is 2.31. The number of aliphatic hydroxyl groups is 2. The van der Waals surface area contributed by atoms with E-state index in [0.717, 1.165) is 7.11 Å². The third-order valence-electron chi connectivity index (χ3n) is 3.60. The molecule has 0 aliphatic carbocycles. The Morgan fingerprint density at radius 2 is 1.93 bits per heavy atom. The number of carbonyl (C=O) groups is 2. The Morgan fingerprint density at radius 3 is 2.48 bits per heavy atom. The Kier molecular flexibility index (Phi) is 6.11. The minimum Gasteiger partial charge on any atom is -0.463 e. The standard InChI is InChI=1S/C12H15N2O12P/c1-24-11(19)6(15)4-2-14(12(20)13-9(4)18)10-8(17)7(16)5(26-10)3-25-27(21,22)23/h2,5,7-8,10,16-17H,3H2,1H3,(H,13,18,20)(H2,21,22,23)/t5-,7-,8-,10-/m1/s1. The number of aromatic nitrogens is 2.